The van der Waals surface area contributed by atoms with Gasteiger partial charge < -0.3 is 14.7 Å². The summed E-state index contributed by atoms with van der Waals surface area (Å²) in [5, 5.41) is 9.18. The Labute approximate surface area is 241 Å². The van der Waals surface area contributed by atoms with E-state index < -0.39 is 53.6 Å². The first kappa shape index (κ1) is 33.1. The number of alkyl halides is 9. The Bertz CT molecular complexity index is 1140. The number of benzene rings is 1. The second-order valence-electron chi connectivity index (χ2n) is 11.7. The van der Waals surface area contributed by atoms with Crippen molar-refractivity contribution in [2.24, 2.45) is 11.3 Å². The fourth-order valence-electron chi connectivity index (χ4n) is 6.14. The van der Waals surface area contributed by atoms with E-state index in [0.29, 0.717) is 69.4 Å². The molecule has 0 radical (unpaired) electrons. The number of hydrogen-bond acceptors (Lipinski definition) is 5. The Kier molecular flexibility index (Phi) is 9.50. The number of carbonyl (C=O) groups is 2. The van der Waals surface area contributed by atoms with Crippen LogP contribution < -0.4 is 0 Å². The van der Waals surface area contributed by atoms with E-state index in [1.807, 2.05) is 9.80 Å². The third-order valence-electron chi connectivity index (χ3n) is 8.56. The molecule has 1 aromatic carbocycles. The van der Waals surface area contributed by atoms with E-state index in [0.717, 1.165) is 17.0 Å². The van der Waals surface area contributed by atoms with Gasteiger partial charge in [0.15, 0.2) is 0 Å². The predicted molar refractivity (Wildman–Crippen MR) is 133 cm³/mol. The normalized spacial score (nSPS) is 21.1. The number of amides is 1. The molecule has 0 saturated carbocycles. The number of piperidine rings is 2. The maximum Gasteiger partial charge on any atom is 0.434 e. The first-order chi connectivity index (χ1) is 19.8. The Morgan fingerprint density at radius 2 is 1.30 bits per heavy atom. The first-order valence-electron chi connectivity index (χ1n) is 13.8. The van der Waals surface area contributed by atoms with Gasteiger partial charge in [0, 0.05) is 26.2 Å². The number of nitrogens with zero attached hydrogens (tertiary/aromatic N) is 3. The summed E-state index contributed by atoms with van der Waals surface area (Å²) in [5.41, 5.74) is -0.450. The molecule has 1 aromatic rings. The molecule has 0 aliphatic carbocycles. The van der Waals surface area contributed by atoms with Gasteiger partial charge in [0.1, 0.15) is 0 Å². The van der Waals surface area contributed by atoms with Crippen molar-refractivity contribution in [3.63, 3.8) is 0 Å². The van der Waals surface area contributed by atoms with Crippen LogP contribution in [-0.4, -0.2) is 89.6 Å². The molecule has 0 bridgehead atoms. The van der Waals surface area contributed by atoms with E-state index in [1.54, 1.807) is 6.07 Å². The first-order valence-corrected chi connectivity index (χ1v) is 13.8. The number of likely N-dealkylation sites (tertiary alicyclic amines) is 3. The highest BCUT2D eigenvalue weighted by molar-refractivity contribution is 5.70. The van der Waals surface area contributed by atoms with E-state index >= 15 is 0 Å². The van der Waals surface area contributed by atoms with Crippen LogP contribution in [0.1, 0.15) is 48.8 Å². The molecule has 3 fully saturated rings. The molecular formula is C27H32F9N3O4. The summed E-state index contributed by atoms with van der Waals surface area (Å²) in [4.78, 5) is 28.1. The quantitative estimate of drug-likeness (QED) is 0.393. The van der Waals surface area contributed by atoms with Gasteiger partial charge in [-0.05, 0) is 87.0 Å². The number of rotatable bonds is 6. The van der Waals surface area contributed by atoms with E-state index in [4.69, 9.17) is 0 Å². The maximum absolute atomic E-state index is 13.7. The summed E-state index contributed by atoms with van der Waals surface area (Å²) >= 11 is 0. The molecule has 0 atom stereocenters. The lowest BCUT2D eigenvalue weighted by Gasteiger charge is -2.39. The standard InChI is InChI=1S/C27H32F9N3O4/c28-25(29,30)20-12-17(14-37-6-1-19(2-7-37)21(40)41)11-18(13-20)15-38-8-3-24(4-9-38)5-10-39(16-24)23(42)43-22(26(31,32)33)27(34,35)36/h11-13,19,22H,1-10,14-16H2,(H,40,41). The van der Waals surface area contributed by atoms with Gasteiger partial charge in [-0.3, -0.25) is 14.6 Å². The zero-order chi connectivity index (χ0) is 31.8. The van der Waals surface area contributed by atoms with Crippen molar-refractivity contribution in [3.05, 3.63) is 34.9 Å². The average Bonchev–Trinajstić information content (AvgIpc) is 3.31. The third-order valence-corrected chi connectivity index (χ3v) is 8.56. The van der Waals surface area contributed by atoms with Gasteiger partial charge >= 0.3 is 30.6 Å². The number of carbonyl (C=O) groups excluding carboxylic acids is 1. The molecule has 3 saturated heterocycles. The number of aliphatic carboxylic acids is 1. The Morgan fingerprint density at radius 3 is 1.77 bits per heavy atom. The molecule has 1 amide bonds. The zero-order valence-corrected chi connectivity index (χ0v) is 23.0. The zero-order valence-electron chi connectivity index (χ0n) is 23.0. The second kappa shape index (κ2) is 12.3. The van der Waals surface area contributed by atoms with Crippen molar-refractivity contribution in [1.82, 2.24) is 14.7 Å². The van der Waals surface area contributed by atoms with E-state index in [2.05, 4.69) is 4.74 Å². The van der Waals surface area contributed by atoms with E-state index in [1.165, 1.54) is 0 Å². The minimum absolute atomic E-state index is 0.0675. The van der Waals surface area contributed by atoms with Crippen LogP contribution >= 0.6 is 0 Å². The van der Waals surface area contributed by atoms with Gasteiger partial charge in [-0.25, -0.2) is 4.79 Å². The second-order valence-corrected chi connectivity index (χ2v) is 11.7. The fraction of sp³-hybridized carbons (Fsp3) is 0.704. The average molecular weight is 634 g/mol. The van der Waals surface area contributed by atoms with Crippen LogP contribution in [0.3, 0.4) is 0 Å². The molecule has 0 unspecified atom stereocenters. The van der Waals surface area contributed by atoms with Crippen LogP contribution in [0.4, 0.5) is 44.3 Å². The SMILES string of the molecule is O=C(O)C1CCN(Cc2cc(CN3CCC4(CC3)CCN(C(=O)OC(C(F)(F)F)C(F)(F)F)C4)cc(C(F)(F)F)c2)CC1. The van der Waals surface area contributed by atoms with Gasteiger partial charge in [0.2, 0.25) is 0 Å². The summed E-state index contributed by atoms with van der Waals surface area (Å²) < 4.78 is 122. The Morgan fingerprint density at radius 1 is 0.814 bits per heavy atom. The molecule has 3 aliphatic heterocycles. The van der Waals surface area contributed by atoms with E-state index in [9.17, 15) is 54.2 Å². The lowest BCUT2D eigenvalue weighted by atomic mass is 9.77. The minimum Gasteiger partial charge on any atom is -0.481 e. The molecule has 43 heavy (non-hydrogen) atoms. The van der Waals surface area contributed by atoms with Crippen molar-refractivity contribution in [1.29, 1.82) is 0 Å². The Balaban J connectivity index is 1.35. The largest absolute Gasteiger partial charge is 0.481 e. The van der Waals surface area contributed by atoms with Crippen molar-refractivity contribution >= 4 is 12.1 Å². The highest BCUT2D eigenvalue weighted by atomic mass is 19.4. The molecular weight excluding hydrogens is 601 g/mol. The molecule has 3 heterocycles. The summed E-state index contributed by atoms with van der Waals surface area (Å²) in [6.07, 6.45) is -20.0. The number of halogens is 9. The predicted octanol–water partition coefficient (Wildman–Crippen LogP) is 5.92. The van der Waals surface area contributed by atoms with Gasteiger partial charge in [0.25, 0.3) is 6.10 Å². The van der Waals surface area contributed by atoms with Crippen LogP contribution in [0.5, 0.6) is 0 Å². The summed E-state index contributed by atoms with van der Waals surface area (Å²) in [7, 11) is 0. The van der Waals surface area contributed by atoms with Crippen LogP contribution in [0.15, 0.2) is 18.2 Å². The number of carboxylic acid groups (broad SMARTS) is 1. The number of carboxylic acids is 1. The van der Waals surface area contributed by atoms with Crippen LogP contribution in [-0.2, 0) is 28.8 Å². The maximum atomic E-state index is 13.7. The molecule has 242 valence electrons. The topological polar surface area (TPSA) is 73.3 Å². The summed E-state index contributed by atoms with van der Waals surface area (Å²) in [6.45, 7) is 2.01. The van der Waals surface area contributed by atoms with Gasteiger partial charge in [-0.1, -0.05) is 6.07 Å². The molecule has 0 aromatic heterocycles. The summed E-state index contributed by atoms with van der Waals surface area (Å²) in [5.74, 6) is -1.35. The highest BCUT2D eigenvalue weighted by Gasteiger charge is 2.60. The van der Waals surface area contributed by atoms with Gasteiger partial charge in [-0.2, -0.15) is 39.5 Å². The molecule has 7 nitrogen and oxygen atoms in total. The lowest BCUT2D eigenvalue weighted by Crippen LogP contribution is -2.48. The Hall–Kier alpha value is -2.75. The van der Waals surface area contributed by atoms with Crippen LogP contribution in [0.25, 0.3) is 0 Å². The number of hydrogen-bond donors (Lipinski definition) is 1. The van der Waals surface area contributed by atoms with Crippen molar-refractivity contribution < 1.29 is 58.9 Å². The monoisotopic (exact) mass is 633 g/mol. The van der Waals surface area contributed by atoms with Crippen LogP contribution in [0, 0.1) is 11.3 Å². The van der Waals surface area contributed by atoms with Gasteiger partial charge in [-0.15, -0.1) is 0 Å². The smallest absolute Gasteiger partial charge is 0.434 e. The molecule has 3 aliphatic rings. The van der Waals surface area contributed by atoms with Crippen molar-refractivity contribution in [2.45, 2.75) is 69.8 Å². The van der Waals surface area contributed by atoms with Crippen molar-refractivity contribution in [2.75, 3.05) is 39.3 Å². The molecule has 1 N–H and O–H groups in total. The molecule has 1 spiro atoms. The highest BCUT2D eigenvalue weighted by Crippen LogP contribution is 2.42. The molecule has 4 rings (SSSR count). The number of ether oxygens (including phenoxy) is 1. The fourth-order valence-corrected chi connectivity index (χ4v) is 6.14. The van der Waals surface area contributed by atoms with E-state index in [-0.39, 0.29) is 26.2 Å². The minimum atomic E-state index is -5.81. The van der Waals surface area contributed by atoms with Crippen molar-refractivity contribution in [3.8, 4) is 0 Å². The third kappa shape index (κ3) is 8.46. The lowest BCUT2D eigenvalue weighted by molar-refractivity contribution is -0.308. The van der Waals surface area contributed by atoms with Gasteiger partial charge in [0.05, 0.1) is 11.5 Å². The van der Waals surface area contributed by atoms with Crippen LogP contribution in [0.2, 0.25) is 0 Å². The summed E-state index contributed by atoms with van der Waals surface area (Å²) in [6, 6.07) is 3.86. The molecule has 16 heteroatoms.